The SMILES string of the molecule is CCOc1ccc(N2CC=C[C@@H]3S[C@]45C=CCN(C(C)(C)CC(C)(C)C)C(=O)C4N(CCCO)C(=O)[C@@H]5[C@@H]3C2=O)cc1. The van der Waals surface area contributed by atoms with Crippen LogP contribution in [-0.4, -0.2) is 87.1 Å². The average Bonchev–Trinajstić information content (AvgIpc) is 3.21. The number of hydrogen-bond acceptors (Lipinski definition) is 6. The number of nitrogens with zero attached hydrogens (tertiary/aromatic N) is 3. The van der Waals surface area contributed by atoms with E-state index >= 15 is 0 Å². The molecule has 4 aliphatic heterocycles. The van der Waals surface area contributed by atoms with E-state index in [2.05, 4.69) is 46.8 Å². The Morgan fingerprint density at radius 3 is 2.36 bits per heavy atom. The topological polar surface area (TPSA) is 90.4 Å². The summed E-state index contributed by atoms with van der Waals surface area (Å²) in [4.78, 5) is 48.7. The van der Waals surface area contributed by atoms with Crippen LogP contribution in [0.1, 0.15) is 54.4 Å². The molecule has 9 heteroatoms. The Morgan fingerprint density at radius 1 is 1.00 bits per heavy atom. The van der Waals surface area contributed by atoms with E-state index in [1.807, 2.05) is 48.2 Å². The second-order valence-corrected chi connectivity index (χ2v) is 15.1. The number of thioether (sulfide) groups is 1. The van der Waals surface area contributed by atoms with Crippen LogP contribution in [0.5, 0.6) is 5.75 Å². The Hall–Kier alpha value is -2.78. The van der Waals surface area contributed by atoms with Gasteiger partial charge in [0.05, 0.1) is 23.2 Å². The van der Waals surface area contributed by atoms with Gasteiger partial charge in [-0.25, -0.2) is 0 Å². The van der Waals surface area contributed by atoms with E-state index in [0.717, 1.165) is 17.9 Å². The van der Waals surface area contributed by atoms with Crippen molar-refractivity contribution in [1.82, 2.24) is 9.80 Å². The van der Waals surface area contributed by atoms with Crippen molar-refractivity contribution in [3.63, 3.8) is 0 Å². The highest BCUT2D eigenvalue weighted by molar-refractivity contribution is 8.02. The number of ether oxygens (including phenoxy) is 1. The fourth-order valence-electron chi connectivity index (χ4n) is 7.68. The maximum Gasteiger partial charge on any atom is 0.247 e. The van der Waals surface area contributed by atoms with Crippen LogP contribution in [0.4, 0.5) is 5.69 Å². The highest BCUT2D eigenvalue weighted by Gasteiger charge is 2.71. The number of hydrogen-bond donors (Lipinski definition) is 1. The molecule has 1 aromatic carbocycles. The smallest absolute Gasteiger partial charge is 0.247 e. The van der Waals surface area contributed by atoms with Gasteiger partial charge in [0.2, 0.25) is 17.7 Å². The van der Waals surface area contributed by atoms with Gasteiger partial charge in [0.1, 0.15) is 11.8 Å². The summed E-state index contributed by atoms with van der Waals surface area (Å²) in [7, 11) is 0. The lowest BCUT2D eigenvalue weighted by molar-refractivity contribution is -0.146. The minimum absolute atomic E-state index is 0.00106. The second-order valence-electron chi connectivity index (χ2n) is 13.7. The number of aliphatic hydroxyl groups excluding tert-OH is 1. The molecule has 4 heterocycles. The van der Waals surface area contributed by atoms with Crippen LogP contribution < -0.4 is 9.64 Å². The van der Waals surface area contributed by atoms with E-state index in [9.17, 15) is 19.5 Å². The summed E-state index contributed by atoms with van der Waals surface area (Å²) in [5.41, 5.74) is 0.308. The molecule has 0 bridgehead atoms. The molecule has 0 aromatic heterocycles. The fraction of sp³-hybridized carbons (Fsp3) is 0.606. The first-order chi connectivity index (χ1) is 19.8. The number of rotatable bonds is 8. The van der Waals surface area contributed by atoms with E-state index in [4.69, 9.17) is 4.74 Å². The van der Waals surface area contributed by atoms with Gasteiger partial charge in [-0.15, -0.1) is 11.8 Å². The minimum atomic E-state index is -0.868. The highest BCUT2D eigenvalue weighted by Crippen LogP contribution is 2.61. The van der Waals surface area contributed by atoms with E-state index in [-0.39, 0.29) is 41.5 Å². The molecule has 1 aromatic rings. The summed E-state index contributed by atoms with van der Waals surface area (Å²) in [6.07, 6.45) is 9.33. The molecule has 1 unspecified atom stereocenters. The summed E-state index contributed by atoms with van der Waals surface area (Å²) < 4.78 is 4.72. The monoisotopic (exact) mass is 595 g/mol. The summed E-state index contributed by atoms with van der Waals surface area (Å²) in [5, 5.41) is 9.46. The zero-order chi connectivity index (χ0) is 30.4. The van der Waals surface area contributed by atoms with Gasteiger partial charge in [-0.05, 0) is 63.3 Å². The molecule has 228 valence electrons. The van der Waals surface area contributed by atoms with Gasteiger partial charge in [0, 0.05) is 42.7 Å². The zero-order valence-corrected chi connectivity index (χ0v) is 26.5. The predicted molar refractivity (Wildman–Crippen MR) is 166 cm³/mol. The van der Waals surface area contributed by atoms with Crippen LogP contribution >= 0.6 is 11.8 Å². The molecule has 1 N–H and O–H groups in total. The number of carbonyl (C=O) groups excluding carboxylic acids is 3. The Balaban J connectivity index is 1.54. The van der Waals surface area contributed by atoms with E-state index in [1.54, 1.807) is 21.6 Å². The number of anilines is 1. The second kappa shape index (κ2) is 11.4. The molecule has 2 fully saturated rings. The van der Waals surface area contributed by atoms with Crippen molar-refractivity contribution >= 4 is 35.2 Å². The molecule has 0 aliphatic carbocycles. The van der Waals surface area contributed by atoms with Gasteiger partial charge in [-0.1, -0.05) is 45.1 Å². The Kier molecular flexibility index (Phi) is 8.31. The lowest BCUT2D eigenvalue weighted by Gasteiger charge is -2.44. The van der Waals surface area contributed by atoms with Crippen molar-refractivity contribution in [2.75, 3.05) is 37.7 Å². The molecule has 42 heavy (non-hydrogen) atoms. The van der Waals surface area contributed by atoms with Gasteiger partial charge in [-0.2, -0.15) is 0 Å². The molecular formula is C33H45N3O5S. The predicted octanol–water partition coefficient (Wildman–Crippen LogP) is 4.28. The number of fused-ring (bicyclic) bond motifs is 2. The maximum absolute atomic E-state index is 14.6. The van der Waals surface area contributed by atoms with Crippen molar-refractivity contribution in [2.45, 2.75) is 76.0 Å². The Labute approximate surface area is 254 Å². The summed E-state index contributed by atoms with van der Waals surface area (Å²) >= 11 is 1.59. The molecule has 3 amide bonds. The Bertz CT molecular complexity index is 1270. The first-order valence-electron chi connectivity index (χ1n) is 15.1. The summed E-state index contributed by atoms with van der Waals surface area (Å²) in [5.74, 6) is -0.899. The molecule has 4 aliphatic rings. The van der Waals surface area contributed by atoms with Gasteiger partial charge in [0.15, 0.2) is 0 Å². The van der Waals surface area contributed by atoms with Crippen molar-refractivity contribution in [2.24, 2.45) is 17.3 Å². The van der Waals surface area contributed by atoms with Gasteiger partial charge in [0.25, 0.3) is 0 Å². The van der Waals surface area contributed by atoms with E-state index in [1.165, 1.54) is 0 Å². The zero-order valence-electron chi connectivity index (χ0n) is 25.7. The van der Waals surface area contributed by atoms with Crippen LogP contribution in [0.25, 0.3) is 0 Å². The fourth-order valence-corrected chi connectivity index (χ4v) is 9.68. The molecule has 5 atom stereocenters. The first-order valence-corrected chi connectivity index (χ1v) is 16.0. The van der Waals surface area contributed by atoms with E-state index in [0.29, 0.717) is 26.1 Å². The molecule has 0 radical (unpaired) electrons. The molecule has 2 saturated heterocycles. The van der Waals surface area contributed by atoms with Gasteiger partial charge >= 0.3 is 0 Å². The molecule has 8 nitrogen and oxygen atoms in total. The number of amides is 3. The number of carbonyl (C=O) groups is 3. The quantitative estimate of drug-likeness (QED) is 0.452. The van der Waals surface area contributed by atoms with Crippen LogP contribution in [0.3, 0.4) is 0 Å². The maximum atomic E-state index is 14.6. The van der Waals surface area contributed by atoms with Crippen LogP contribution in [0.2, 0.25) is 0 Å². The first kappa shape index (κ1) is 30.7. The van der Waals surface area contributed by atoms with Gasteiger partial charge in [-0.3, -0.25) is 14.4 Å². The largest absolute Gasteiger partial charge is 0.494 e. The number of aliphatic hydroxyl groups is 1. The summed E-state index contributed by atoms with van der Waals surface area (Å²) in [6.45, 7) is 14.3. The van der Waals surface area contributed by atoms with Crippen molar-refractivity contribution in [3.05, 3.63) is 48.6 Å². The third-order valence-corrected chi connectivity index (χ3v) is 10.6. The average molecular weight is 596 g/mol. The minimum Gasteiger partial charge on any atom is -0.494 e. The van der Waals surface area contributed by atoms with Crippen molar-refractivity contribution < 1.29 is 24.2 Å². The highest BCUT2D eigenvalue weighted by atomic mass is 32.2. The summed E-state index contributed by atoms with van der Waals surface area (Å²) in [6, 6.07) is 6.74. The van der Waals surface area contributed by atoms with Crippen LogP contribution in [-0.2, 0) is 14.4 Å². The number of benzene rings is 1. The molecule has 5 rings (SSSR count). The number of likely N-dealkylation sites (tertiary alicyclic amines) is 1. The third-order valence-electron chi connectivity index (χ3n) is 8.87. The van der Waals surface area contributed by atoms with Crippen molar-refractivity contribution in [1.29, 1.82) is 0 Å². The van der Waals surface area contributed by atoms with Crippen LogP contribution in [0.15, 0.2) is 48.6 Å². The third kappa shape index (κ3) is 5.27. The molecule has 1 spiro atoms. The normalized spacial score (nSPS) is 29.4. The molecular weight excluding hydrogens is 550 g/mol. The van der Waals surface area contributed by atoms with Gasteiger partial charge < -0.3 is 24.5 Å². The van der Waals surface area contributed by atoms with E-state index < -0.39 is 28.2 Å². The van der Waals surface area contributed by atoms with Crippen molar-refractivity contribution in [3.8, 4) is 5.75 Å². The molecule has 0 saturated carbocycles. The lowest BCUT2D eigenvalue weighted by atomic mass is 9.77. The standard InChI is InChI=1S/C33H45N3O5S/c1-7-41-23-14-12-22(13-15-23)34-17-8-11-24-25(28(34)38)26-29(39)35(18-10-20-37)27-30(40)36(19-9-16-33(26,27)42-24)32(5,6)21-31(2,3)4/h8-9,11-16,24-27,37H,7,10,17-21H2,1-6H3/t24-,25+,26-,27?,33-/m0/s1. The lowest BCUT2D eigenvalue weighted by Crippen LogP contribution is -2.58. The van der Waals surface area contributed by atoms with Crippen LogP contribution in [0, 0.1) is 17.3 Å². The Morgan fingerprint density at radius 2 is 1.71 bits per heavy atom.